The number of carbonyl (C=O) groups is 1. The third-order valence-corrected chi connectivity index (χ3v) is 5.33. The topological polar surface area (TPSA) is 97.8 Å². The molecule has 0 radical (unpaired) electrons. The fourth-order valence-corrected chi connectivity index (χ4v) is 3.82. The summed E-state index contributed by atoms with van der Waals surface area (Å²) < 4.78 is 22.4. The maximum atomic E-state index is 14.9. The number of aromatic carboxylic acids is 1. The lowest BCUT2D eigenvalue weighted by Gasteiger charge is -2.49. The second-order valence-electron chi connectivity index (χ2n) is 7.55. The first kappa shape index (κ1) is 16.8. The third-order valence-electron chi connectivity index (χ3n) is 5.33. The molecular formula is C18H20FN3O4. The molecule has 2 aliphatic rings. The van der Waals surface area contributed by atoms with Crippen LogP contribution in [-0.4, -0.2) is 41.9 Å². The van der Waals surface area contributed by atoms with E-state index in [1.807, 2.05) is 18.7 Å². The highest BCUT2D eigenvalue weighted by atomic mass is 19.1. The summed E-state index contributed by atoms with van der Waals surface area (Å²) in [5, 5.41) is 9.33. The van der Waals surface area contributed by atoms with Gasteiger partial charge in [-0.2, -0.15) is 0 Å². The smallest absolute Gasteiger partial charge is 0.341 e. The highest BCUT2D eigenvalue weighted by molar-refractivity contribution is 5.97. The van der Waals surface area contributed by atoms with Crippen molar-refractivity contribution >= 4 is 22.6 Å². The van der Waals surface area contributed by atoms with Crippen molar-refractivity contribution in [3.05, 3.63) is 33.9 Å². The van der Waals surface area contributed by atoms with Gasteiger partial charge in [0.2, 0.25) is 5.43 Å². The molecule has 1 atom stereocenters. The van der Waals surface area contributed by atoms with E-state index in [2.05, 4.69) is 0 Å². The fourth-order valence-electron chi connectivity index (χ4n) is 3.82. The zero-order chi connectivity index (χ0) is 18.8. The summed E-state index contributed by atoms with van der Waals surface area (Å²) >= 11 is 0. The molecule has 0 bridgehead atoms. The van der Waals surface area contributed by atoms with Gasteiger partial charge in [0.15, 0.2) is 11.6 Å². The Hall–Kier alpha value is -2.61. The number of pyridine rings is 1. The van der Waals surface area contributed by atoms with Crippen molar-refractivity contribution < 1.29 is 19.0 Å². The second kappa shape index (κ2) is 5.44. The summed E-state index contributed by atoms with van der Waals surface area (Å²) in [4.78, 5) is 25.8. The molecule has 1 saturated heterocycles. The van der Waals surface area contributed by atoms with Crippen LogP contribution in [-0.2, 0) is 0 Å². The van der Waals surface area contributed by atoms with Gasteiger partial charge >= 0.3 is 5.97 Å². The summed E-state index contributed by atoms with van der Waals surface area (Å²) in [5.74, 6) is -1.62. The highest BCUT2D eigenvalue weighted by Gasteiger charge is 2.41. The van der Waals surface area contributed by atoms with Crippen LogP contribution in [0, 0.1) is 11.2 Å². The molecule has 8 heteroatoms. The van der Waals surface area contributed by atoms with Crippen LogP contribution in [0.3, 0.4) is 0 Å². The van der Waals surface area contributed by atoms with Crippen LogP contribution in [0.4, 0.5) is 10.1 Å². The Morgan fingerprint density at radius 3 is 2.81 bits per heavy atom. The molecule has 26 heavy (non-hydrogen) atoms. The number of nitrogens with two attached hydrogens (primary N) is 1. The Morgan fingerprint density at radius 1 is 1.50 bits per heavy atom. The number of hydrogen-bond donors (Lipinski definition) is 2. The molecule has 0 amide bonds. The molecule has 2 aromatic rings. The fraction of sp³-hybridized carbons (Fsp3) is 0.444. The predicted molar refractivity (Wildman–Crippen MR) is 94.7 cm³/mol. The lowest BCUT2D eigenvalue weighted by molar-refractivity contribution is 0.0694. The predicted octanol–water partition coefficient (Wildman–Crippen LogP) is 1.58. The standard InChI is InChI=1S/C18H20FN3O4/c1-9-5-26-16-13-10(15(23)11(17(24)25)4-22(9)13)3-12(19)14(16)21-7-18(2,6-20)8-21/h3-4,9H,5-8,20H2,1-2H3,(H,24,25)/t9-/m0/s1. The molecule has 7 nitrogen and oxygen atoms in total. The number of rotatable bonds is 3. The molecule has 0 aliphatic carbocycles. The molecule has 0 spiro atoms. The zero-order valence-electron chi connectivity index (χ0n) is 14.6. The van der Waals surface area contributed by atoms with Gasteiger partial charge in [0, 0.05) is 31.2 Å². The largest absolute Gasteiger partial charge is 0.487 e. The second-order valence-corrected chi connectivity index (χ2v) is 7.55. The van der Waals surface area contributed by atoms with E-state index in [1.54, 1.807) is 4.57 Å². The average Bonchev–Trinajstić information content (AvgIpc) is 2.56. The van der Waals surface area contributed by atoms with Gasteiger partial charge in [-0.3, -0.25) is 4.79 Å². The number of hydrogen-bond acceptors (Lipinski definition) is 5. The molecule has 4 rings (SSSR count). The van der Waals surface area contributed by atoms with Crippen LogP contribution >= 0.6 is 0 Å². The average molecular weight is 361 g/mol. The van der Waals surface area contributed by atoms with E-state index in [1.165, 1.54) is 6.20 Å². The number of carboxylic acids is 1. The maximum Gasteiger partial charge on any atom is 0.341 e. The summed E-state index contributed by atoms with van der Waals surface area (Å²) in [6, 6.07) is 0.951. The molecule has 1 aromatic carbocycles. The van der Waals surface area contributed by atoms with Gasteiger partial charge in [-0.15, -0.1) is 0 Å². The Bertz CT molecular complexity index is 994. The van der Waals surface area contributed by atoms with Crippen molar-refractivity contribution in [3.63, 3.8) is 0 Å². The summed E-state index contributed by atoms with van der Waals surface area (Å²) in [7, 11) is 0. The SMILES string of the molecule is C[C@H]1COc2c(N3CC(C)(CN)C3)c(F)cc3c(=O)c(C(=O)O)cn1c23. The Balaban J connectivity index is 1.99. The molecule has 0 unspecified atom stereocenters. The lowest BCUT2D eigenvalue weighted by Crippen LogP contribution is -2.58. The van der Waals surface area contributed by atoms with E-state index >= 15 is 0 Å². The van der Waals surface area contributed by atoms with Crippen molar-refractivity contribution in [3.8, 4) is 5.75 Å². The molecule has 1 fully saturated rings. The number of halogens is 1. The van der Waals surface area contributed by atoms with Crippen LogP contribution in [0.15, 0.2) is 17.1 Å². The lowest BCUT2D eigenvalue weighted by atomic mass is 9.81. The first-order chi connectivity index (χ1) is 12.3. The molecule has 1 aromatic heterocycles. The Labute approximate surface area is 148 Å². The van der Waals surface area contributed by atoms with Crippen molar-refractivity contribution in [2.45, 2.75) is 19.9 Å². The van der Waals surface area contributed by atoms with E-state index in [9.17, 15) is 19.1 Å². The number of nitrogens with zero attached hydrogens (tertiary/aromatic N) is 2. The molecule has 138 valence electrons. The van der Waals surface area contributed by atoms with Crippen molar-refractivity contribution in [2.24, 2.45) is 11.1 Å². The van der Waals surface area contributed by atoms with Crippen molar-refractivity contribution in [1.82, 2.24) is 4.57 Å². The van der Waals surface area contributed by atoms with Gasteiger partial charge in [0.25, 0.3) is 0 Å². The summed E-state index contributed by atoms with van der Waals surface area (Å²) in [5.41, 5.74) is 5.37. The van der Waals surface area contributed by atoms with Crippen LogP contribution in [0.5, 0.6) is 5.75 Å². The van der Waals surface area contributed by atoms with Gasteiger partial charge in [-0.1, -0.05) is 6.92 Å². The number of anilines is 1. The molecule has 3 N–H and O–H groups in total. The Morgan fingerprint density at radius 2 is 2.19 bits per heavy atom. The molecule has 2 aliphatic heterocycles. The highest BCUT2D eigenvalue weighted by Crippen LogP contribution is 2.45. The normalized spacial score (nSPS) is 20.6. The van der Waals surface area contributed by atoms with Gasteiger partial charge < -0.3 is 25.0 Å². The number of aromatic nitrogens is 1. The van der Waals surface area contributed by atoms with Gasteiger partial charge in [0.1, 0.15) is 17.9 Å². The number of ether oxygens (including phenoxy) is 1. The van der Waals surface area contributed by atoms with Crippen LogP contribution in [0.1, 0.15) is 30.2 Å². The van der Waals surface area contributed by atoms with Crippen LogP contribution in [0.25, 0.3) is 10.9 Å². The third kappa shape index (κ3) is 2.21. The first-order valence-electron chi connectivity index (χ1n) is 8.48. The minimum atomic E-state index is -1.33. The van der Waals surface area contributed by atoms with E-state index in [-0.39, 0.29) is 29.0 Å². The van der Waals surface area contributed by atoms with Gasteiger partial charge in [-0.05, 0) is 13.0 Å². The maximum absolute atomic E-state index is 14.9. The van der Waals surface area contributed by atoms with Crippen molar-refractivity contribution in [2.75, 3.05) is 31.1 Å². The van der Waals surface area contributed by atoms with E-state index in [4.69, 9.17) is 10.5 Å². The van der Waals surface area contributed by atoms with Gasteiger partial charge in [0.05, 0.1) is 16.9 Å². The quantitative estimate of drug-likeness (QED) is 0.861. The summed E-state index contributed by atoms with van der Waals surface area (Å²) in [6.07, 6.45) is 1.32. The number of benzene rings is 1. The van der Waals surface area contributed by atoms with Crippen LogP contribution < -0.4 is 20.8 Å². The minimum absolute atomic E-state index is 0.0230. The minimum Gasteiger partial charge on any atom is -0.487 e. The molecule has 0 saturated carbocycles. The Kier molecular flexibility index (Phi) is 3.52. The monoisotopic (exact) mass is 361 g/mol. The van der Waals surface area contributed by atoms with E-state index in [0.29, 0.717) is 36.6 Å². The van der Waals surface area contributed by atoms with E-state index in [0.717, 1.165) is 6.07 Å². The van der Waals surface area contributed by atoms with Gasteiger partial charge in [-0.25, -0.2) is 9.18 Å². The summed E-state index contributed by atoms with van der Waals surface area (Å²) in [6.45, 7) is 5.84. The number of carboxylic acid groups (broad SMARTS) is 1. The van der Waals surface area contributed by atoms with E-state index < -0.39 is 17.2 Å². The first-order valence-corrected chi connectivity index (χ1v) is 8.48. The van der Waals surface area contributed by atoms with Crippen LogP contribution in [0.2, 0.25) is 0 Å². The van der Waals surface area contributed by atoms with Crippen molar-refractivity contribution in [1.29, 1.82) is 0 Å². The molecular weight excluding hydrogens is 341 g/mol. The zero-order valence-corrected chi connectivity index (χ0v) is 14.6. The molecule has 3 heterocycles.